The normalized spacial score (nSPS) is 11.7. The first-order valence-electron chi connectivity index (χ1n) is 9.37. The Balaban J connectivity index is 1.91. The van der Waals surface area contributed by atoms with E-state index in [1.165, 1.54) is 37.3 Å². The molecule has 0 fully saturated rings. The average Bonchev–Trinajstić information content (AvgIpc) is 2.72. The lowest BCUT2D eigenvalue weighted by molar-refractivity contribution is -0.384. The van der Waals surface area contributed by atoms with E-state index in [0.717, 1.165) is 12.5 Å². The first-order chi connectivity index (χ1) is 14.3. The molecule has 0 radical (unpaired) electrons. The largest absolute Gasteiger partial charge is 0.451 e. The van der Waals surface area contributed by atoms with E-state index in [2.05, 4.69) is 5.32 Å². The Morgan fingerprint density at radius 1 is 1.10 bits per heavy atom. The second-order valence-electron chi connectivity index (χ2n) is 6.50. The molecule has 0 bridgehead atoms. The van der Waals surface area contributed by atoms with Gasteiger partial charge >= 0.3 is 5.97 Å². The summed E-state index contributed by atoms with van der Waals surface area (Å²) in [4.78, 5) is 46.1. The van der Waals surface area contributed by atoms with Crippen LogP contribution in [0, 0.1) is 10.1 Å². The number of Topliss-reactive ketones (excluding diaryl/α,β-unsaturated/α-hetero) is 1. The fourth-order valence-electron chi connectivity index (χ4n) is 2.54. The molecule has 0 aromatic heterocycles. The number of amides is 1. The molecule has 2 aromatic carbocycles. The molecule has 0 aliphatic carbocycles. The number of hydrogen-bond acceptors (Lipinski definition) is 6. The molecule has 2 rings (SSSR count). The molecule has 1 atom stereocenters. The number of benzene rings is 2. The van der Waals surface area contributed by atoms with Gasteiger partial charge in [-0.05, 0) is 61.4 Å². The second-order valence-corrected chi connectivity index (χ2v) is 6.50. The van der Waals surface area contributed by atoms with Gasteiger partial charge in [0.1, 0.15) is 0 Å². The van der Waals surface area contributed by atoms with Crippen molar-refractivity contribution in [1.29, 1.82) is 0 Å². The topological polar surface area (TPSA) is 116 Å². The summed E-state index contributed by atoms with van der Waals surface area (Å²) in [5.74, 6) is -1.19. The molecule has 156 valence electrons. The molecule has 0 heterocycles. The molecule has 8 nitrogen and oxygen atoms in total. The summed E-state index contributed by atoms with van der Waals surface area (Å²) in [6, 6.07) is 12.0. The van der Waals surface area contributed by atoms with Gasteiger partial charge < -0.3 is 10.1 Å². The van der Waals surface area contributed by atoms with Crippen molar-refractivity contribution in [2.75, 3.05) is 5.32 Å². The highest BCUT2D eigenvalue weighted by molar-refractivity contribution is 6.01. The van der Waals surface area contributed by atoms with Gasteiger partial charge in [0.25, 0.3) is 5.69 Å². The van der Waals surface area contributed by atoms with Crippen molar-refractivity contribution in [3.63, 3.8) is 0 Å². The number of nitrogens with zero attached hydrogens (tertiary/aromatic N) is 1. The molecule has 0 aliphatic rings. The lowest BCUT2D eigenvalue weighted by Crippen LogP contribution is -2.23. The van der Waals surface area contributed by atoms with Crippen LogP contribution in [0.3, 0.4) is 0 Å². The lowest BCUT2D eigenvalue weighted by Gasteiger charge is -2.11. The zero-order chi connectivity index (χ0) is 22.1. The number of carbonyl (C=O) groups excluding carboxylic acids is 3. The summed E-state index contributed by atoms with van der Waals surface area (Å²) in [5, 5.41) is 13.4. The maximum atomic E-state index is 12.4. The van der Waals surface area contributed by atoms with Crippen LogP contribution in [0.5, 0.6) is 0 Å². The first-order valence-corrected chi connectivity index (χ1v) is 9.37. The number of rotatable bonds is 9. The van der Waals surface area contributed by atoms with Crippen LogP contribution in [-0.4, -0.2) is 28.7 Å². The summed E-state index contributed by atoms with van der Waals surface area (Å²) in [5.41, 5.74) is 1.46. The Kier molecular flexibility index (Phi) is 7.99. The third-order valence-electron chi connectivity index (χ3n) is 4.11. The SMILES string of the molecule is CCCC(=O)Nc1ccc(C(=O)[C@H](C)OC(=O)/C=C/c2ccc([N+](=O)[O-])cc2)cc1. The van der Waals surface area contributed by atoms with Crippen LogP contribution in [-0.2, 0) is 14.3 Å². The molecule has 0 saturated heterocycles. The minimum absolute atomic E-state index is 0.0510. The third kappa shape index (κ3) is 6.66. The van der Waals surface area contributed by atoms with Crippen molar-refractivity contribution < 1.29 is 24.0 Å². The molecule has 0 aliphatic heterocycles. The van der Waals surface area contributed by atoms with Crippen molar-refractivity contribution in [2.24, 2.45) is 0 Å². The highest BCUT2D eigenvalue weighted by atomic mass is 16.6. The van der Waals surface area contributed by atoms with Crippen LogP contribution in [0.25, 0.3) is 6.08 Å². The van der Waals surface area contributed by atoms with E-state index in [0.29, 0.717) is 23.2 Å². The molecule has 30 heavy (non-hydrogen) atoms. The minimum atomic E-state index is -1.00. The molecule has 1 amide bonds. The van der Waals surface area contributed by atoms with Gasteiger partial charge in [-0.3, -0.25) is 19.7 Å². The van der Waals surface area contributed by atoms with E-state index >= 15 is 0 Å². The highest BCUT2D eigenvalue weighted by Crippen LogP contribution is 2.15. The lowest BCUT2D eigenvalue weighted by atomic mass is 10.1. The fourth-order valence-corrected chi connectivity index (χ4v) is 2.54. The Morgan fingerprint density at radius 3 is 2.30 bits per heavy atom. The number of carbonyl (C=O) groups is 3. The van der Waals surface area contributed by atoms with E-state index in [4.69, 9.17) is 4.74 Å². The summed E-state index contributed by atoms with van der Waals surface area (Å²) < 4.78 is 5.12. The van der Waals surface area contributed by atoms with E-state index in [9.17, 15) is 24.5 Å². The van der Waals surface area contributed by atoms with Gasteiger partial charge in [-0.15, -0.1) is 0 Å². The smallest absolute Gasteiger partial charge is 0.331 e. The van der Waals surface area contributed by atoms with Crippen LogP contribution in [0.2, 0.25) is 0 Å². The predicted molar refractivity (Wildman–Crippen MR) is 112 cm³/mol. The van der Waals surface area contributed by atoms with E-state index in [1.54, 1.807) is 24.3 Å². The quantitative estimate of drug-likeness (QED) is 0.218. The van der Waals surface area contributed by atoms with Gasteiger partial charge in [-0.2, -0.15) is 0 Å². The van der Waals surface area contributed by atoms with Crippen molar-refractivity contribution in [3.05, 3.63) is 75.8 Å². The predicted octanol–water partition coefficient (Wildman–Crippen LogP) is 4.16. The van der Waals surface area contributed by atoms with Crippen LogP contribution in [0.1, 0.15) is 42.6 Å². The number of non-ortho nitro benzene ring substituents is 1. The third-order valence-corrected chi connectivity index (χ3v) is 4.11. The Hall–Kier alpha value is -3.81. The van der Waals surface area contributed by atoms with Gasteiger partial charge in [-0.1, -0.05) is 6.92 Å². The van der Waals surface area contributed by atoms with Crippen LogP contribution in [0.15, 0.2) is 54.6 Å². The Morgan fingerprint density at radius 2 is 1.73 bits per heavy atom. The monoisotopic (exact) mass is 410 g/mol. The molecular weight excluding hydrogens is 388 g/mol. The number of nitro groups is 1. The van der Waals surface area contributed by atoms with E-state index < -0.39 is 17.0 Å². The second kappa shape index (κ2) is 10.7. The zero-order valence-electron chi connectivity index (χ0n) is 16.7. The molecule has 2 aromatic rings. The molecule has 0 saturated carbocycles. The number of ether oxygens (including phenoxy) is 1. The summed E-state index contributed by atoms with van der Waals surface area (Å²) in [6.07, 6.45) is 2.75. The highest BCUT2D eigenvalue weighted by Gasteiger charge is 2.18. The maximum absolute atomic E-state index is 12.4. The zero-order valence-corrected chi connectivity index (χ0v) is 16.7. The van der Waals surface area contributed by atoms with Crippen LogP contribution < -0.4 is 5.32 Å². The molecule has 0 unspecified atom stereocenters. The number of hydrogen-bond donors (Lipinski definition) is 1. The number of nitro benzene ring substituents is 1. The van der Waals surface area contributed by atoms with Crippen molar-refractivity contribution in [1.82, 2.24) is 0 Å². The van der Waals surface area contributed by atoms with Gasteiger partial charge in [0.05, 0.1) is 4.92 Å². The van der Waals surface area contributed by atoms with Gasteiger partial charge in [0.15, 0.2) is 6.10 Å². The van der Waals surface area contributed by atoms with Crippen molar-refractivity contribution in [3.8, 4) is 0 Å². The average molecular weight is 410 g/mol. The molecule has 8 heteroatoms. The van der Waals surface area contributed by atoms with Gasteiger partial charge in [0, 0.05) is 35.9 Å². The number of ketones is 1. The number of nitrogens with one attached hydrogen (secondary N) is 1. The van der Waals surface area contributed by atoms with Crippen molar-refractivity contribution in [2.45, 2.75) is 32.8 Å². The molecular formula is C22H22N2O6. The molecule has 0 spiro atoms. The Labute approximate surface area is 173 Å². The van der Waals surface area contributed by atoms with Crippen LogP contribution in [0.4, 0.5) is 11.4 Å². The number of esters is 1. The van der Waals surface area contributed by atoms with Crippen molar-refractivity contribution >= 4 is 35.1 Å². The first kappa shape index (κ1) is 22.5. The maximum Gasteiger partial charge on any atom is 0.331 e. The van der Waals surface area contributed by atoms with Crippen LogP contribution >= 0.6 is 0 Å². The standard InChI is InChI=1S/C22H22N2O6/c1-3-4-20(25)23-18-10-8-17(9-11-18)22(27)15(2)30-21(26)14-7-16-5-12-19(13-6-16)24(28)29/h5-15H,3-4H2,1-2H3,(H,23,25)/b14-7+/t15-/m0/s1. The summed E-state index contributed by atoms with van der Waals surface area (Å²) >= 11 is 0. The van der Waals surface area contributed by atoms with Gasteiger partial charge in [-0.25, -0.2) is 4.79 Å². The Bertz CT molecular complexity index is 949. The minimum Gasteiger partial charge on any atom is -0.451 e. The fraction of sp³-hybridized carbons (Fsp3) is 0.227. The number of anilines is 1. The molecule has 1 N–H and O–H groups in total. The summed E-state index contributed by atoms with van der Waals surface area (Å²) in [6.45, 7) is 3.38. The van der Waals surface area contributed by atoms with E-state index in [-0.39, 0.29) is 17.4 Å². The van der Waals surface area contributed by atoms with Gasteiger partial charge in [0.2, 0.25) is 11.7 Å². The van der Waals surface area contributed by atoms with E-state index in [1.807, 2.05) is 6.92 Å². The summed E-state index contributed by atoms with van der Waals surface area (Å²) in [7, 11) is 0.